The largest absolute Gasteiger partial charge is 0.497 e. The van der Waals surface area contributed by atoms with Crippen LogP contribution in [-0.4, -0.2) is 74.8 Å². The summed E-state index contributed by atoms with van der Waals surface area (Å²) >= 11 is 0. The van der Waals surface area contributed by atoms with E-state index in [0.717, 1.165) is 0 Å². The maximum absolute atomic E-state index is 12.8. The molecule has 2 aromatic rings. The molecule has 2 aliphatic rings. The Morgan fingerprint density at radius 1 is 0.935 bits per heavy atom. The number of hydrogen-bond acceptors (Lipinski definition) is 6. The summed E-state index contributed by atoms with van der Waals surface area (Å²) in [5, 5.41) is 2.86. The van der Waals surface area contributed by atoms with E-state index >= 15 is 0 Å². The van der Waals surface area contributed by atoms with Crippen LogP contribution in [0.2, 0.25) is 0 Å². The standard InChI is InChI=1S/C22H25N3O6/c1-28-16-11-15(12-17(13-16)29-2)23-22(27)25-9-7-24(8-10-25)21(26)20-14-30-18-5-3-4-6-19(18)31-20/h3-6,11-13,20H,7-10,14H2,1-2H3,(H,23,27). The quantitative estimate of drug-likeness (QED) is 0.805. The summed E-state index contributed by atoms with van der Waals surface area (Å²) in [5.41, 5.74) is 0.575. The van der Waals surface area contributed by atoms with Gasteiger partial charge in [-0.1, -0.05) is 12.1 Å². The van der Waals surface area contributed by atoms with Crippen molar-refractivity contribution in [1.29, 1.82) is 0 Å². The van der Waals surface area contributed by atoms with Crippen molar-refractivity contribution in [3.8, 4) is 23.0 Å². The molecule has 31 heavy (non-hydrogen) atoms. The Kier molecular flexibility index (Phi) is 6.01. The molecule has 3 amide bonds. The van der Waals surface area contributed by atoms with Crippen LogP contribution in [-0.2, 0) is 4.79 Å². The van der Waals surface area contributed by atoms with Gasteiger partial charge in [0, 0.05) is 50.1 Å². The molecule has 2 aromatic carbocycles. The third-order valence-electron chi connectivity index (χ3n) is 5.27. The van der Waals surface area contributed by atoms with Gasteiger partial charge < -0.3 is 34.1 Å². The van der Waals surface area contributed by atoms with Crippen LogP contribution in [0.4, 0.5) is 10.5 Å². The number of carbonyl (C=O) groups excluding carboxylic acids is 2. The molecule has 1 atom stereocenters. The zero-order valence-electron chi connectivity index (χ0n) is 17.5. The number of urea groups is 1. The number of anilines is 1. The number of nitrogens with zero attached hydrogens (tertiary/aromatic N) is 2. The molecule has 0 aliphatic carbocycles. The number of methoxy groups -OCH3 is 2. The summed E-state index contributed by atoms with van der Waals surface area (Å²) in [4.78, 5) is 28.9. The Labute approximate surface area is 180 Å². The lowest BCUT2D eigenvalue weighted by atomic mass is 10.2. The fourth-order valence-corrected chi connectivity index (χ4v) is 3.56. The number of piperazine rings is 1. The highest BCUT2D eigenvalue weighted by Gasteiger charge is 2.33. The number of fused-ring (bicyclic) bond motifs is 1. The molecule has 0 spiro atoms. The van der Waals surface area contributed by atoms with Gasteiger partial charge in [0.15, 0.2) is 11.5 Å². The minimum Gasteiger partial charge on any atom is -0.497 e. The molecule has 0 aromatic heterocycles. The van der Waals surface area contributed by atoms with Crippen molar-refractivity contribution in [2.24, 2.45) is 0 Å². The molecule has 2 aliphatic heterocycles. The van der Waals surface area contributed by atoms with Gasteiger partial charge in [0.05, 0.1) is 14.2 Å². The van der Waals surface area contributed by atoms with Crippen molar-refractivity contribution >= 4 is 17.6 Å². The van der Waals surface area contributed by atoms with Crippen LogP contribution in [0.15, 0.2) is 42.5 Å². The van der Waals surface area contributed by atoms with Crippen LogP contribution < -0.4 is 24.3 Å². The first-order chi connectivity index (χ1) is 15.1. The predicted octanol–water partition coefficient (Wildman–Crippen LogP) is 2.22. The van der Waals surface area contributed by atoms with E-state index in [-0.39, 0.29) is 18.5 Å². The average molecular weight is 427 g/mol. The van der Waals surface area contributed by atoms with Gasteiger partial charge in [0.2, 0.25) is 6.10 Å². The summed E-state index contributed by atoms with van der Waals surface area (Å²) in [7, 11) is 3.10. The van der Waals surface area contributed by atoms with Gasteiger partial charge in [-0.3, -0.25) is 4.79 Å². The van der Waals surface area contributed by atoms with Gasteiger partial charge in [-0.15, -0.1) is 0 Å². The smallest absolute Gasteiger partial charge is 0.321 e. The highest BCUT2D eigenvalue weighted by Crippen LogP contribution is 2.31. The Balaban J connectivity index is 1.31. The first-order valence-corrected chi connectivity index (χ1v) is 10.0. The average Bonchev–Trinajstić information content (AvgIpc) is 2.83. The van der Waals surface area contributed by atoms with Crippen molar-refractivity contribution in [1.82, 2.24) is 9.80 Å². The van der Waals surface area contributed by atoms with Crippen molar-refractivity contribution in [3.63, 3.8) is 0 Å². The van der Waals surface area contributed by atoms with Crippen molar-refractivity contribution < 1.29 is 28.5 Å². The van der Waals surface area contributed by atoms with Gasteiger partial charge in [-0.25, -0.2) is 4.79 Å². The van der Waals surface area contributed by atoms with E-state index in [1.807, 2.05) is 18.2 Å². The Morgan fingerprint density at radius 3 is 2.19 bits per heavy atom. The van der Waals surface area contributed by atoms with E-state index in [1.54, 1.807) is 48.3 Å². The number of rotatable bonds is 4. The Bertz CT molecular complexity index is 936. The van der Waals surface area contributed by atoms with Crippen molar-refractivity contribution in [3.05, 3.63) is 42.5 Å². The molecule has 0 saturated carbocycles. The fourth-order valence-electron chi connectivity index (χ4n) is 3.56. The molecular formula is C22H25N3O6. The second-order valence-corrected chi connectivity index (χ2v) is 7.21. The fraction of sp³-hybridized carbons (Fsp3) is 0.364. The molecule has 1 N–H and O–H groups in total. The third kappa shape index (κ3) is 4.60. The van der Waals surface area contributed by atoms with Crippen molar-refractivity contribution in [2.75, 3.05) is 52.3 Å². The summed E-state index contributed by atoms with van der Waals surface area (Å²) < 4.78 is 21.9. The minimum atomic E-state index is -0.681. The normalized spacial score (nSPS) is 17.7. The molecule has 164 valence electrons. The van der Waals surface area contributed by atoms with Crippen LogP contribution in [0.1, 0.15) is 0 Å². The van der Waals surface area contributed by atoms with Gasteiger partial charge >= 0.3 is 6.03 Å². The third-order valence-corrected chi connectivity index (χ3v) is 5.27. The lowest BCUT2D eigenvalue weighted by Gasteiger charge is -2.37. The maximum atomic E-state index is 12.8. The second-order valence-electron chi connectivity index (χ2n) is 7.21. The maximum Gasteiger partial charge on any atom is 0.321 e. The molecule has 1 saturated heterocycles. The predicted molar refractivity (Wildman–Crippen MR) is 113 cm³/mol. The zero-order chi connectivity index (χ0) is 21.8. The van der Waals surface area contributed by atoms with Crippen LogP contribution in [0.25, 0.3) is 0 Å². The molecule has 1 fully saturated rings. The van der Waals surface area contributed by atoms with Gasteiger partial charge in [0.1, 0.15) is 18.1 Å². The van der Waals surface area contributed by atoms with E-state index in [9.17, 15) is 9.59 Å². The van der Waals surface area contributed by atoms with E-state index < -0.39 is 6.10 Å². The Hall–Kier alpha value is -3.62. The summed E-state index contributed by atoms with van der Waals surface area (Å²) in [6, 6.07) is 12.2. The van der Waals surface area contributed by atoms with Gasteiger partial charge in [-0.05, 0) is 12.1 Å². The molecule has 2 heterocycles. The first-order valence-electron chi connectivity index (χ1n) is 10.0. The number of benzene rings is 2. The monoisotopic (exact) mass is 427 g/mol. The van der Waals surface area contributed by atoms with Crippen LogP contribution in [0.3, 0.4) is 0 Å². The molecular weight excluding hydrogens is 402 g/mol. The van der Waals surface area contributed by atoms with E-state index in [0.29, 0.717) is 54.9 Å². The number of hydrogen-bond donors (Lipinski definition) is 1. The number of carbonyl (C=O) groups is 2. The Morgan fingerprint density at radius 2 is 1.55 bits per heavy atom. The number of nitrogens with one attached hydrogen (secondary N) is 1. The van der Waals surface area contributed by atoms with Crippen LogP contribution in [0.5, 0.6) is 23.0 Å². The number of ether oxygens (including phenoxy) is 4. The number of para-hydroxylation sites is 2. The molecule has 4 rings (SSSR count). The van der Waals surface area contributed by atoms with Gasteiger partial charge in [-0.2, -0.15) is 0 Å². The lowest BCUT2D eigenvalue weighted by Crippen LogP contribution is -2.55. The summed E-state index contributed by atoms with van der Waals surface area (Å²) in [6.07, 6.45) is -0.681. The van der Waals surface area contributed by atoms with Crippen molar-refractivity contribution in [2.45, 2.75) is 6.10 Å². The highest BCUT2D eigenvalue weighted by molar-refractivity contribution is 5.90. The number of amides is 3. The van der Waals surface area contributed by atoms with Gasteiger partial charge in [0.25, 0.3) is 5.91 Å². The van der Waals surface area contributed by atoms with E-state index in [4.69, 9.17) is 18.9 Å². The molecule has 9 heteroatoms. The van der Waals surface area contributed by atoms with Crippen LogP contribution in [0, 0.1) is 0 Å². The summed E-state index contributed by atoms with van der Waals surface area (Å²) in [6.45, 7) is 1.87. The highest BCUT2D eigenvalue weighted by atomic mass is 16.6. The molecule has 9 nitrogen and oxygen atoms in total. The SMILES string of the molecule is COc1cc(NC(=O)N2CCN(C(=O)C3COc4ccccc4O3)CC2)cc(OC)c1. The summed E-state index contributed by atoms with van der Waals surface area (Å²) in [5.74, 6) is 2.25. The molecule has 0 radical (unpaired) electrons. The van der Waals surface area contributed by atoms with Crippen LogP contribution >= 0.6 is 0 Å². The second kappa shape index (κ2) is 9.03. The molecule has 0 bridgehead atoms. The zero-order valence-corrected chi connectivity index (χ0v) is 17.5. The lowest BCUT2D eigenvalue weighted by molar-refractivity contribution is -0.142. The topological polar surface area (TPSA) is 89.6 Å². The van der Waals surface area contributed by atoms with E-state index in [2.05, 4.69) is 5.32 Å². The first kappa shape index (κ1) is 20.6. The van der Waals surface area contributed by atoms with E-state index in [1.165, 1.54) is 0 Å². The minimum absolute atomic E-state index is 0.132. The molecule has 1 unspecified atom stereocenters.